The van der Waals surface area contributed by atoms with Gasteiger partial charge < -0.3 is 10.6 Å². The van der Waals surface area contributed by atoms with E-state index in [1.165, 1.54) is 24.1 Å². The lowest BCUT2D eigenvalue weighted by atomic mass is 10.1. The van der Waals surface area contributed by atoms with Crippen LogP contribution in [-0.4, -0.2) is 24.4 Å². The molecule has 0 aromatic heterocycles. The summed E-state index contributed by atoms with van der Waals surface area (Å²) in [4.78, 5) is 13.2. The monoisotopic (exact) mass is 235 g/mol. The molecule has 0 aliphatic rings. The van der Waals surface area contributed by atoms with E-state index in [4.69, 9.17) is 11.0 Å². The van der Waals surface area contributed by atoms with Gasteiger partial charge in [-0.3, -0.25) is 4.79 Å². The van der Waals surface area contributed by atoms with E-state index in [0.29, 0.717) is 0 Å². The van der Waals surface area contributed by atoms with Crippen LogP contribution >= 0.6 is 0 Å². The highest BCUT2D eigenvalue weighted by molar-refractivity contribution is 5.94. The fraction of sp³-hybridized carbons (Fsp3) is 0.333. The molecule has 2 N–H and O–H groups in total. The Labute approximate surface area is 99.4 Å². The smallest absolute Gasteiger partial charge is 0.256 e. The lowest BCUT2D eigenvalue weighted by molar-refractivity contribution is 0.0780. The highest BCUT2D eigenvalue weighted by atomic mass is 19.1. The molecule has 1 rings (SSSR count). The van der Waals surface area contributed by atoms with E-state index in [0.717, 1.165) is 6.07 Å². The minimum atomic E-state index is -0.647. The Hall–Kier alpha value is -2.09. The van der Waals surface area contributed by atoms with Crippen LogP contribution in [0.15, 0.2) is 18.2 Å². The molecule has 1 aromatic rings. The predicted octanol–water partition coefficient (Wildman–Crippen LogP) is 1.64. The fourth-order valence-corrected chi connectivity index (χ4v) is 1.44. The van der Waals surface area contributed by atoms with Gasteiger partial charge >= 0.3 is 0 Å². The average molecular weight is 235 g/mol. The Morgan fingerprint density at radius 1 is 1.65 bits per heavy atom. The topological polar surface area (TPSA) is 70.1 Å². The molecule has 0 radical (unpaired) electrons. The van der Waals surface area contributed by atoms with Crippen LogP contribution in [0.5, 0.6) is 0 Å². The number of nitrogens with zero attached hydrogens (tertiary/aromatic N) is 2. The molecular formula is C12H14FN3O. The minimum Gasteiger partial charge on any atom is -0.399 e. The zero-order valence-corrected chi connectivity index (χ0v) is 9.77. The number of nitrogen functional groups attached to an aromatic ring is 1. The molecule has 1 amide bonds. The van der Waals surface area contributed by atoms with Crippen molar-refractivity contribution in [1.29, 1.82) is 5.26 Å². The van der Waals surface area contributed by atoms with Crippen LogP contribution in [0, 0.1) is 23.1 Å². The van der Waals surface area contributed by atoms with E-state index in [9.17, 15) is 9.18 Å². The molecule has 0 saturated carbocycles. The number of amides is 1. The normalized spacial score (nSPS) is 11.6. The molecule has 4 nitrogen and oxygen atoms in total. The van der Waals surface area contributed by atoms with Crippen LogP contribution in [0.2, 0.25) is 0 Å². The summed E-state index contributed by atoms with van der Waals surface area (Å²) in [6, 6.07) is 5.94. The van der Waals surface area contributed by atoms with E-state index >= 15 is 0 Å². The van der Waals surface area contributed by atoms with Gasteiger partial charge in [-0.2, -0.15) is 5.26 Å². The molecule has 1 aromatic carbocycles. The zero-order valence-electron chi connectivity index (χ0n) is 9.77. The van der Waals surface area contributed by atoms with Gasteiger partial charge in [-0.25, -0.2) is 4.39 Å². The summed E-state index contributed by atoms with van der Waals surface area (Å²) in [6.07, 6.45) is 0. The lowest BCUT2D eigenvalue weighted by Crippen LogP contribution is -2.31. The Bertz CT molecular complexity index is 467. The lowest BCUT2D eigenvalue weighted by Gasteiger charge is -2.18. The van der Waals surface area contributed by atoms with Gasteiger partial charge in [-0.1, -0.05) is 0 Å². The average Bonchev–Trinajstić information content (AvgIpc) is 2.28. The third-order valence-electron chi connectivity index (χ3n) is 2.34. The first-order valence-corrected chi connectivity index (χ1v) is 5.15. The number of rotatable bonds is 3. The summed E-state index contributed by atoms with van der Waals surface area (Å²) in [7, 11) is 1.53. The third-order valence-corrected chi connectivity index (χ3v) is 2.34. The summed E-state index contributed by atoms with van der Waals surface area (Å²) >= 11 is 0. The molecule has 0 fully saturated rings. The molecule has 90 valence electrons. The van der Waals surface area contributed by atoms with Crippen molar-refractivity contribution >= 4 is 11.6 Å². The Kier molecular flexibility index (Phi) is 4.05. The number of nitriles is 1. The van der Waals surface area contributed by atoms with Crippen LogP contribution in [0.4, 0.5) is 10.1 Å². The fourth-order valence-electron chi connectivity index (χ4n) is 1.44. The first-order chi connectivity index (χ1) is 7.95. The van der Waals surface area contributed by atoms with Crippen LogP contribution in [0.25, 0.3) is 0 Å². The second kappa shape index (κ2) is 5.30. The van der Waals surface area contributed by atoms with E-state index in [1.807, 2.05) is 6.07 Å². The third kappa shape index (κ3) is 3.18. The second-order valence-electron chi connectivity index (χ2n) is 3.96. The van der Waals surface area contributed by atoms with Crippen molar-refractivity contribution in [2.24, 2.45) is 5.92 Å². The van der Waals surface area contributed by atoms with Crippen molar-refractivity contribution in [3.63, 3.8) is 0 Å². The number of nitrogens with two attached hydrogens (primary N) is 1. The molecule has 0 aliphatic carbocycles. The number of hydrogen-bond acceptors (Lipinski definition) is 3. The van der Waals surface area contributed by atoms with Gasteiger partial charge in [0, 0.05) is 19.3 Å². The van der Waals surface area contributed by atoms with Crippen molar-refractivity contribution in [3.8, 4) is 6.07 Å². The first-order valence-electron chi connectivity index (χ1n) is 5.15. The number of carbonyl (C=O) groups is 1. The summed E-state index contributed by atoms with van der Waals surface area (Å²) in [5.74, 6) is -1.39. The van der Waals surface area contributed by atoms with E-state index in [1.54, 1.807) is 6.92 Å². The molecule has 0 heterocycles. The maximum absolute atomic E-state index is 13.5. The zero-order chi connectivity index (χ0) is 13.0. The van der Waals surface area contributed by atoms with Gasteiger partial charge in [-0.05, 0) is 25.1 Å². The van der Waals surface area contributed by atoms with Gasteiger partial charge in [0.25, 0.3) is 5.91 Å². The maximum Gasteiger partial charge on any atom is 0.256 e. The molecule has 5 heteroatoms. The molecule has 0 bridgehead atoms. The number of hydrogen-bond donors (Lipinski definition) is 1. The van der Waals surface area contributed by atoms with Crippen molar-refractivity contribution in [2.75, 3.05) is 19.3 Å². The van der Waals surface area contributed by atoms with E-state index in [-0.39, 0.29) is 23.7 Å². The number of benzene rings is 1. The van der Waals surface area contributed by atoms with Gasteiger partial charge in [0.2, 0.25) is 0 Å². The number of anilines is 1. The summed E-state index contributed by atoms with van der Waals surface area (Å²) in [5.41, 5.74) is 5.63. The molecule has 1 atom stereocenters. The van der Waals surface area contributed by atoms with Crippen LogP contribution in [-0.2, 0) is 0 Å². The number of halogens is 1. The molecule has 17 heavy (non-hydrogen) atoms. The van der Waals surface area contributed by atoms with E-state index < -0.39 is 11.7 Å². The highest BCUT2D eigenvalue weighted by Gasteiger charge is 2.17. The summed E-state index contributed by atoms with van der Waals surface area (Å²) < 4.78 is 13.5. The van der Waals surface area contributed by atoms with Gasteiger partial charge in [0.15, 0.2) is 0 Å². The van der Waals surface area contributed by atoms with Crippen molar-refractivity contribution in [1.82, 2.24) is 4.90 Å². The van der Waals surface area contributed by atoms with Crippen molar-refractivity contribution in [3.05, 3.63) is 29.6 Å². The SMILES string of the molecule is CC(C#N)CN(C)C(=O)c1ccc(N)cc1F. The molecule has 0 spiro atoms. The Balaban J connectivity index is 2.86. The van der Waals surface area contributed by atoms with E-state index in [2.05, 4.69) is 0 Å². The Morgan fingerprint density at radius 2 is 2.29 bits per heavy atom. The Morgan fingerprint density at radius 3 is 2.82 bits per heavy atom. The summed E-state index contributed by atoms with van der Waals surface area (Å²) in [5, 5.41) is 8.65. The van der Waals surface area contributed by atoms with Gasteiger partial charge in [0.1, 0.15) is 5.82 Å². The quantitative estimate of drug-likeness (QED) is 0.809. The largest absolute Gasteiger partial charge is 0.399 e. The molecule has 0 saturated heterocycles. The first kappa shape index (κ1) is 13.0. The predicted molar refractivity (Wildman–Crippen MR) is 62.5 cm³/mol. The highest BCUT2D eigenvalue weighted by Crippen LogP contribution is 2.14. The maximum atomic E-state index is 13.5. The van der Waals surface area contributed by atoms with Gasteiger partial charge in [0.05, 0.1) is 17.6 Å². The second-order valence-corrected chi connectivity index (χ2v) is 3.96. The minimum absolute atomic E-state index is 0.0353. The van der Waals surface area contributed by atoms with Crippen LogP contribution in [0.1, 0.15) is 17.3 Å². The van der Waals surface area contributed by atoms with Crippen molar-refractivity contribution < 1.29 is 9.18 Å². The molecular weight excluding hydrogens is 221 g/mol. The van der Waals surface area contributed by atoms with Crippen molar-refractivity contribution in [2.45, 2.75) is 6.92 Å². The van der Waals surface area contributed by atoms with Crippen LogP contribution in [0.3, 0.4) is 0 Å². The molecule has 0 aliphatic heterocycles. The molecule has 1 unspecified atom stereocenters. The summed E-state index contributed by atoms with van der Waals surface area (Å²) in [6.45, 7) is 1.96. The number of carbonyl (C=O) groups excluding carboxylic acids is 1. The van der Waals surface area contributed by atoms with Crippen LogP contribution < -0.4 is 5.73 Å². The van der Waals surface area contributed by atoms with Gasteiger partial charge in [-0.15, -0.1) is 0 Å². The standard InChI is InChI=1S/C12H14FN3O/c1-8(6-14)7-16(2)12(17)10-4-3-9(15)5-11(10)13/h3-5,8H,7,15H2,1-2H3.